The van der Waals surface area contributed by atoms with Crippen LogP contribution in [0.15, 0.2) is 18.2 Å². The Hall–Kier alpha value is -3.92. The molecule has 4 N–H and O–H groups in total. The predicted octanol–water partition coefficient (Wildman–Crippen LogP) is 3.81. The molecule has 0 unspecified atom stereocenters. The number of carbonyl (C=O) groups is 2. The lowest BCUT2D eigenvalue weighted by atomic mass is 9.99. The maximum Gasteiger partial charge on any atom is 0.416 e. The Morgan fingerprint density at radius 2 is 1.93 bits per heavy atom. The molecule has 0 spiro atoms. The van der Waals surface area contributed by atoms with E-state index in [4.69, 9.17) is 10.5 Å². The van der Waals surface area contributed by atoms with Crippen molar-refractivity contribution in [2.75, 3.05) is 43.8 Å². The highest BCUT2D eigenvalue weighted by Crippen LogP contribution is 2.31. The molecule has 0 saturated carbocycles. The molecule has 1 saturated heterocycles. The molecule has 1 aromatic heterocycles. The number of hydrogen-bond donors (Lipinski definition) is 3. The Morgan fingerprint density at radius 3 is 2.55 bits per heavy atom. The maximum atomic E-state index is 13.6. The number of likely N-dealkylation sites (tertiary alicyclic amines) is 1. The molecule has 1 aliphatic heterocycles. The van der Waals surface area contributed by atoms with Gasteiger partial charge in [0.2, 0.25) is 11.8 Å². The lowest BCUT2D eigenvalue weighted by molar-refractivity contribution is -0.137. The van der Waals surface area contributed by atoms with Crippen LogP contribution in [0.1, 0.15) is 67.6 Å². The van der Waals surface area contributed by atoms with E-state index in [0.29, 0.717) is 13.0 Å². The van der Waals surface area contributed by atoms with Crippen LogP contribution < -0.4 is 21.1 Å². The first kappa shape index (κ1) is 32.3. The van der Waals surface area contributed by atoms with Crippen molar-refractivity contribution >= 4 is 23.5 Å². The molecule has 40 heavy (non-hydrogen) atoms. The van der Waals surface area contributed by atoms with Gasteiger partial charge in [0.25, 0.3) is 5.91 Å². The van der Waals surface area contributed by atoms with Crippen LogP contribution >= 0.6 is 0 Å². The van der Waals surface area contributed by atoms with Gasteiger partial charge in [0.05, 0.1) is 18.2 Å². The summed E-state index contributed by atoms with van der Waals surface area (Å²) in [5, 5.41) is 14.9. The van der Waals surface area contributed by atoms with E-state index in [0.717, 1.165) is 44.6 Å². The zero-order valence-electron chi connectivity index (χ0n) is 21.9. The van der Waals surface area contributed by atoms with Gasteiger partial charge in [0.15, 0.2) is 17.2 Å². The second kappa shape index (κ2) is 14.5. The number of carbonyl (C=O) groups excluding carboxylic acids is 2. The summed E-state index contributed by atoms with van der Waals surface area (Å²) in [5.41, 5.74) is 4.46. The Morgan fingerprint density at radius 1 is 1.23 bits per heavy atom. The number of nitriles is 1. The molecule has 1 fully saturated rings. The SMILES string of the molecule is C.CCOc1nc(N)nc(N[C@@H](C)C(=O)Cc2cc(C(=O)NCCCN3CCCC3)cc(C(F)(F)F)c2)c1C#N. The number of Topliss-reactive ketones (excluding diaryl/α,β-unsaturated/α-hetero) is 1. The summed E-state index contributed by atoms with van der Waals surface area (Å²) >= 11 is 0. The van der Waals surface area contributed by atoms with Crippen molar-refractivity contribution in [3.8, 4) is 11.9 Å². The number of nitrogens with two attached hydrogens (primary N) is 1. The minimum atomic E-state index is -4.70. The van der Waals surface area contributed by atoms with Gasteiger partial charge in [-0.25, -0.2) is 0 Å². The van der Waals surface area contributed by atoms with Gasteiger partial charge in [-0.2, -0.15) is 28.4 Å². The molecule has 1 atom stereocenters. The Labute approximate surface area is 232 Å². The molecule has 218 valence electrons. The summed E-state index contributed by atoms with van der Waals surface area (Å²) < 4.78 is 46.1. The van der Waals surface area contributed by atoms with Crippen LogP contribution in [0.4, 0.5) is 24.9 Å². The molecule has 1 aliphatic rings. The molecule has 10 nitrogen and oxygen atoms in total. The Kier molecular flexibility index (Phi) is 11.7. The third kappa shape index (κ3) is 8.81. The highest BCUT2D eigenvalue weighted by Gasteiger charge is 2.32. The molecule has 1 aromatic carbocycles. The largest absolute Gasteiger partial charge is 0.477 e. The van der Waals surface area contributed by atoms with E-state index in [9.17, 15) is 28.0 Å². The number of alkyl halides is 3. The second-order valence-electron chi connectivity index (χ2n) is 9.24. The number of anilines is 2. The molecular weight excluding hydrogens is 527 g/mol. The first-order chi connectivity index (χ1) is 18.5. The van der Waals surface area contributed by atoms with Crippen molar-refractivity contribution in [1.29, 1.82) is 5.26 Å². The number of aromatic nitrogens is 2. The van der Waals surface area contributed by atoms with E-state index in [2.05, 4.69) is 25.5 Å². The molecule has 3 rings (SSSR count). The molecule has 0 radical (unpaired) electrons. The smallest absolute Gasteiger partial charge is 0.416 e. The van der Waals surface area contributed by atoms with Crippen molar-refractivity contribution in [3.05, 3.63) is 40.5 Å². The third-order valence-electron chi connectivity index (χ3n) is 6.22. The molecule has 0 bridgehead atoms. The summed E-state index contributed by atoms with van der Waals surface area (Å²) in [4.78, 5) is 35.7. The van der Waals surface area contributed by atoms with Gasteiger partial charge in [0, 0.05) is 18.5 Å². The fourth-order valence-corrected chi connectivity index (χ4v) is 4.24. The van der Waals surface area contributed by atoms with E-state index < -0.39 is 35.9 Å². The number of benzene rings is 1. The number of halogens is 3. The quantitative estimate of drug-likeness (QED) is 0.328. The standard InChI is InChI=1S/C26H32F3N7O3.CH4/c1-3-39-24-20(15-30)22(34-25(31)35-24)33-16(2)21(37)13-17-11-18(14-19(12-17)26(27,28)29)23(38)32-7-6-10-36-8-4-5-9-36;/h11-12,14,16H,3-10,13H2,1-2H3,(H,32,38)(H3,31,33,34,35);1H4/t16-;/m0./s1. The number of amides is 1. The van der Waals surface area contributed by atoms with Gasteiger partial charge >= 0.3 is 6.18 Å². The number of ketones is 1. The summed E-state index contributed by atoms with van der Waals surface area (Å²) in [6, 6.07) is 3.86. The molecule has 2 heterocycles. The average Bonchev–Trinajstić information content (AvgIpc) is 3.39. The lowest BCUT2D eigenvalue weighted by Crippen LogP contribution is -2.30. The molecule has 0 aliphatic carbocycles. The maximum absolute atomic E-state index is 13.6. The van der Waals surface area contributed by atoms with Crippen LogP contribution in [-0.4, -0.2) is 65.4 Å². The molecule has 13 heteroatoms. The number of hydrogen-bond acceptors (Lipinski definition) is 9. The van der Waals surface area contributed by atoms with E-state index in [-0.39, 0.29) is 48.4 Å². The first-order valence-corrected chi connectivity index (χ1v) is 12.7. The fourth-order valence-electron chi connectivity index (χ4n) is 4.24. The normalized spacial score (nSPS) is 14.1. The van der Waals surface area contributed by atoms with Gasteiger partial charge in [0.1, 0.15) is 6.07 Å². The lowest BCUT2D eigenvalue weighted by Gasteiger charge is -2.17. The van der Waals surface area contributed by atoms with Gasteiger partial charge in [-0.3, -0.25) is 9.59 Å². The average molecular weight is 564 g/mol. The minimum Gasteiger partial charge on any atom is -0.477 e. The van der Waals surface area contributed by atoms with Crippen molar-refractivity contribution in [2.24, 2.45) is 0 Å². The number of ether oxygens (including phenoxy) is 1. The number of nitrogen functional groups attached to an aromatic ring is 1. The van der Waals surface area contributed by atoms with E-state index >= 15 is 0 Å². The zero-order chi connectivity index (χ0) is 28.6. The van der Waals surface area contributed by atoms with E-state index in [1.807, 2.05) is 6.07 Å². The van der Waals surface area contributed by atoms with Crippen LogP contribution in [0, 0.1) is 11.3 Å². The molecule has 1 amide bonds. The zero-order valence-corrected chi connectivity index (χ0v) is 21.9. The molecular formula is C27H36F3N7O3. The van der Waals surface area contributed by atoms with Gasteiger partial charge in [-0.05, 0) is 76.5 Å². The fraction of sp³-hybridized carbons (Fsp3) is 0.519. The van der Waals surface area contributed by atoms with Crippen LogP contribution in [0.25, 0.3) is 0 Å². The van der Waals surface area contributed by atoms with Crippen molar-refractivity contribution in [3.63, 3.8) is 0 Å². The van der Waals surface area contributed by atoms with Gasteiger partial charge < -0.3 is 26.0 Å². The van der Waals surface area contributed by atoms with Crippen LogP contribution in [0.2, 0.25) is 0 Å². The summed E-state index contributed by atoms with van der Waals surface area (Å²) in [6.45, 7) is 6.55. The van der Waals surface area contributed by atoms with Crippen molar-refractivity contribution in [2.45, 2.75) is 59.2 Å². The highest BCUT2D eigenvalue weighted by atomic mass is 19.4. The van der Waals surface area contributed by atoms with Crippen LogP contribution in [0.5, 0.6) is 5.88 Å². The van der Waals surface area contributed by atoms with Gasteiger partial charge in [-0.1, -0.05) is 7.43 Å². The van der Waals surface area contributed by atoms with Crippen LogP contribution in [0.3, 0.4) is 0 Å². The monoisotopic (exact) mass is 563 g/mol. The number of rotatable bonds is 12. The number of nitrogens with zero attached hydrogens (tertiary/aromatic N) is 4. The summed E-state index contributed by atoms with van der Waals surface area (Å²) in [6.07, 6.45) is -2.12. The Balaban J connectivity index is 0.00000560. The highest BCUT2D eigenvalue weighted by molar-refractivity contribution is 5.95. The summed E-state index contributed by atoms with van der Waals surface area (Å²) in [7, 11) is 0. The van der Waals surface area contributed by atoms with Gasteiger partial charge in [-0.15, -0.1) is 0 Å². The van der Waals surface area contributed by atoms with Crippen molar-refractivity contribution in [1.82, 2.24) is 20.2 Å². The van der Waals surface area contributed by atoms with E-state index in [1.165, 1.54) is 13.0 Å². The summed E-state index contributed by atoms with van der Waals surface area (Å²) in [5.74, 6) is -1.41. The minimum absolute atomic E-state index is 0. The number of nitrogens with one attached hydrogen (secondary N) is 2. The predicted molar refractivity (Wildman–Crippen MR) is 145 cm³/mol. The van der Waals surface area contributed by atoms with Crippen LogP contribution in [-0.2, 0) is 17.4 Å². The second-order valence-corrected chi connectivity index (χ2v) is 9.24. The van der Waals surface area contributed by atoms with Crippen molar-refractivity contribution < 1.29 is 27.5 Å². The first-order valence-electron chi connectivity index (χ1n) is 12.7. The Bertz CT molecular complexity index is 1230. The molecule has 2 aromatic rings. The van der Waals surface area contributed by atoms with E-state index in [1.54, 1.807) is 6.92 Å². The topological polar surface area (TPSA) is 146 Å². The third-order valence-corrected chi connectivity index (χ3v) is 6.22.